The highest BCUT2D eigenvalue weighted by Crippen LogP contribution is 2.40. The second-order valence-electron chi connectivity index (χ2n) is 7.92. The highest BCUT2D eigenvalue weighted by molar-refractivity contribution is 5.71. The quantitative estimate of drug-likeness (QED) is 0.322. The van der Waals surface area contributed by atoms with Gasteiger partial charge in [0.25, 0.3) is 0 Å². The third-order valence-electron chi connectivity index (χ3n) is 4.92. The minimum atomic E-state index is -0.212. The molecular formula is C24H37NO2. The molecule has 0 aromatic rings. The number of esters is 1. The van der Waals surface area contributed by atoms with E-state index in [9.17, 15) is 4.79 Å². The summed E-state index contributed by atoms with van der Waals surface area (Å²) in [5, 5.41) is 3.05. The van der Waals surface area contributed by atoms with Gasteiger partial charge < -0.3 is 10.1 Å². The monoisotopic (exact) mass is 371 g/mol. The number of rotatable bonds is 9. The van der Waals surface area contributed by atoms with Crippen LogP contribution in [0.3, 0.4) is 0 Å². The van der Waals surface area contributed by atoms with Crippen molar-refractivity contribution in [1.29, 1.82) is 0 Å². The van der Waals surface area contributed by atoms with Crippen molar-refractivity contribution in [2.24, 2.45) is 5.41 Å². The van der Waals surface area contributed by atoms with E-state index < -0.39 is 0 Å². The smallest absolute Gasteiger partial charge is 0.319 e. The Hall–Kier alpha value is -1.87. The zero-order valence-electron chi connectivity index (χ0n) is 18.0. The maximum atomic E-state index is 11.2. The summed E-state index contributed by atoms with van der Waals surface area (Å²) in [5.41, 5.74) is 5.70. The lowest BCUT2D eigenvalue weighted by molar-refractivity contribution is -0.141. The van der Waals surface area contributed by atoms with Gasteiger partial charge in [-0.15, -0.1) is 0 Å². The lowest BCUT2D eigenvalue weighted by Crippen LogP contribution is -2.24. The number of hydrogen-bond acceptors (Lipinski definition) is 3. The molecule has 0 radical (unpaired) electrons. The van der Waals surface area contributed by atoms with Crippen molar-refractivity contribution in [2.45, 2.75) is 60.8 Å². The first-order valence-corrected chi connectivity index (χ1v) is 10.0. The highest BCUT2D eigenvalue weighted by Gasteiger charge is 2.26. The van der Waals surface area contributed by atoms with Gasteiger partial charge in [0, 0.05) is 6.54 Å². The Bertz CT molecular complexity index is 645. The number of ether oxygens (including phenoxy) is 1. The molecule has 0 unspecified atom stereocenters. The van der Waals surface area contributed by atoms with Crippen LogP contribution in [-0.4, -0.2) is 25.7 Å². The molecule has 1 rings (SSSR count). The van der Waals surface area contributed by atoms with Crippen LogP contribution in [0.15, 0.2) is 58.7 Å². The lowest BCUT2D eigenvalue weighted by atomic mass is 9.72. The summed E-state index contributed by atoms with van der Waals surface area (Å²) >= 11 is 0. The second kappa shape index (κ2) is 11.8. The molecule has 1 aliphatic carbocycles. The van der Waals surface area contributed by atoms with Crippen LogP contribution in [0, 0.1) is 5.41 Å². The molecule has 0 heterocycles. The number of allylic oxidation sites excluding steroid dienone is 9. The number of hydrogen-bond donors (Lipinski definition) is 1. The Kier molecular flexibility index (Phi) is 10.1. The Morgan fingerprint density at radius 1 is 1.22 bits per heavy atom. The van der Waals surface area contributed by atoms with Crippen molar-refractivity contribution < 1.29 is 9.53 Å². The molecule has 0 saturated carbocycles. The average Bonchev–Trinajstić information content (AvgIpc) is 2.58. The average molecular weight is 372 g/mol. The second-order valence-corrected chi connectivity index (χ2v) is 7.92. The van der Waals surface area contributed by atoms with Crippen molar-refractivity contribution in [3.05, 3.63) is 58.7 Å². The van der Waals surface area contributed by atoms with Gasteiger partial charge in [0.2, 0.25) is 0 Å². The zero-order valence-corrected chi connectivity index (χ0v) is 18.0. The van der Waals surface area contributed by atoms with Crippen LogP contribution >= 0.6 is 0 Å². The SMILES string of the molecule is CCOC(=O)CNC/C=C(C)/C=C/C=C(C)/C=C/C1=C(C)CCCC1(C)C. The van der Waals surface area contributed by atoms with E-state index >= 15 is 0 Å². The number of nitrogens with one attached hydrogen (secondary N) is 1. The van der Waals surface area contributed by atoms with Gasteiger partial charge in [-0.1, -0.05) is 67.0 Å². The van der Waals surface area contributed by atoms with Crippen LogP contribution in [0.1, 0.15) is 60.8 Å². The number of carbonyl (C=O) groups is 1. The van der Waals surface area contributed by atoms with Gasteiger partial charge in [0.1, 0.15) is 0 Å². The fraction of sp³-hybridized carbons (Fsp3) is 0.542. The Labute approximate surface area is 166 Å². The molecule has 0 fully saturated rings. The molecule has 0 atom stereocenters. The fourth-order valence-electron chi connectivity index (χ4n) is 3.32. The first-order valence-electron chi connectivity index (χ1n) is 10.0. The molecule has 0 aromatic heterocycles. The van der Waals surface area contributed by atoms with Gasteiger partial charge >= 0.3 is 5.97 Å². The molecule has 0 aliphatic heterocycles. The predicted octanol–water partition coefficient (Wildman–Crippen LogP) is 5.67. The van der Waals surface area contributed by atoms with Crippen molar-refractivity contribution in [3.63, 3.8) is 0 Å². The third kappa shape index (κ3) is 9.05. The van der Waals surface area contributed by atoms with Crippen LogP contribution in [0.25, 0.3) is 0 Å². The molecule has 0 saturated heterocycles. The normalized spacial score (nSPS) is 18.6. The van der Waals surface area contributed by atoms with Crippen molar-refractivity contribution in [2.75, 3.05) is 19.7 Å². The molecular weight excluding hydrogens is 334 g/mol. The molecule has 0 spiro atoms. The van der Waals surface area contributed by atoms with E-state index in [1.807, 2.05) is 6.92 Å². The fourth-order valence-corrected chi connectivity index (χ4v) is 3.32. The van der Waals surface area contributed by atoms with Crippen molar-refractivity contribution in [1.82, 2.24) is 5.32 Å². The third-order valence-corrected chi connectivity index (χ3v) is 4.92. The first kappa shape index (κ1) is 23.2. The van der Waals surface area contributed by atoms with Crippen LogP contribution in [0.5, 0.6) is 0 Å². The van der Waals surface area contributed by atoms with E-state index in [4.69, 9.17) is 4.74 Å². The summed E-state index contributed by atoms with van der Waals surface area (Å²) in [5.74, 6) is -0.212. The van der Waals surface area contributed by atoms with E-state index in [0.717, 1.165) is 5.57 Å². The van der Waals surface area contributed by atoms with E-state index in [1.165, 1.54) is 36.0 Å². The molecule has 150 valence electrons. The number of carbonyl (C=O) groups excluding carboxylic acids is 1. The van der Waals surface area contributed by atoms with Gasteiger partial charge in [-0.3, -0.25) is 4.79 Å². The summed E-state index contributed by atoms with van der Waals surface area (Å²) in [7, 11) is 0. The summed E-state index contributed by atoms with van der Waals surface area (Å²) in [6.45, 7) is 14.3. The first-order chi connectivity index (χ1) is 12.8. The Morgan fingerprint density at radius 3 is 2.63 bits per heavy atom. The Morgan fingerprint density at radius 2 is 1.96 bits per heavy atom. The lowest BCUT2D eigenvalue weighted by Gasteiger charge is -2.32. The van der Waals surface area contributed by atoms with Crippen LogP contribution in [0.2, 0.25) is 0 Å². The molecule has 0 amide bonds. The largest absolute Gasteiger partial charge is 0.465 e. The molecule has 1 aliphatic rings. The standard InChI is InChI=1S/C24H37NO2/c1-7-27-23(26)18-25-17-15-20(3)11-8-10-19(2)13-14-22-21(4)12-9-16-24(22,5)6/h8,10-11,13-15,25H,7,9,12,16-18H2,1-6H3/b11-8+,14-13+,19-10+,20-15+. The maximum absolute atomic E-state index is 11.2. The molecule has 3 heteroatoms. The van der Waals surface area contributed by atoms with Gasteiger partial charge in [0.15, 0.2) is 0 Å². The predicted molar refractivity (Wildman–Crippen MR) is 116 cm³/mol. The minimum absolute atomic E-state index is 0.212. The summed E-state index contributed by atoms with van der Waals surface area (Å²) in [6.07, 6.45) is 16.7. The molecule has 0 bridgehead atoms. The van der Waals surface area contributed by atoms with E-state index in [1.54, 1.807) is 0 Å². The Balaban J connectivity index is 2.53. The zero-order chi connectivity index (χ0) is 20.3. The summed E-state index contributed by atoms with van der Waals surface area (Å²) in [6, 6.07) is 0. The molecule has 27 heavy (non-hydrogen) atoms. The topological polar surface area (TPSA) is 38.3 Å². The molecule has 3 nitrogen and oxygen atoms in total. The minimum Gasteiger partial charge on any atom is -0.465 e. The van der Waals surface area contributed by atoms with Gasteiger partial charge in [-0.25, -0.2) is 0 Å². The highest BCUT2D eigenvalue weighted by atomic mass is 16.5. The van der Waals surface area contributed by atoms with E-state index in [0.29, 0.717) is 13.2 Å². The van der Waals surface area contributed by atoms with Gasteiger partial charge in [0.05, 0.1) is 13.2 Å². The maximum Gasteiger partial charge on any atom is 0.319 e. The van der Waals surface area contributed by atoms with Crippen molar-refractivity contribution >= 4 is 5.97 Å². The summed E-state index contributed by atoms with van der Waals surface area (Å²) < 4.78 is 4.87. The van der Waals surface area contributed by atoms with Crippen molar-refractivity contribution in [3.8, 4) is 0 Å². The van der Waals surface area contributed by atoms with Crippen LogP contribution in [0.4, 0.5) is 0 Å². The van der Waals surface area contributed by atoms with Crippen LogP contribution in [-0.2, 0) is 9.53 Å². The summed E-state index contributed by atoms with van der Waals surface area (Å²) in [4.78, 5) is 11.2. The molecule has 1 N–H and O–H groups in total. The van der Waals surface area contributed by atoms with Gasteiger partial charge in [-0.05, 0) is 57.9 Å². The van der Waals surface area contributed by atoms with Crippen LogP contribution < -0.4 is 5.32 Å². The van der Waals surface area contributed by atoms with Gasteiger partial charge in [-0.2, -0.15) is 0 Å². The molecule has 0 aromatic carbocycles. The van der Waals surface area contributed by atoms with E-state index in [2.05, 4.69) is 76.4 Å². The van der Waals surface area contributed by atoms with E-state index in [-0.39, 0.29) is 17.9 Å².